The maximum Gasteiger partial charge on any atom is 0.253 e. The van der Waals surface area contributed by atoms with Gasteiger partial charge in [0.15, 0.2) is 0 Å². The van der Waals surface area contributed by atoms with Gasteiger partial charge in [-0.05, 0) is 36.2 Å². The first-order valence-electron chi connectivity index (χ1n) is 8.03. The second-order valence-corrected chi connectivity index (χ2v) is 6.79. The Morgan fingerprint density at radius 2 is 1.57 bits per heavy atom. The zero-order valence-corrected chi connectivity index (χ0v) is 14.7. The van der Waals surface area contributed by atoms with Crippen molar-refractivity contribution in [3.8, 4) is 0 Å². The van der Waals surface area contributed by atoms with Crippen LogP contribution in [0.5, 0.6) is 0 Å². The Kier molecular flexibility index (Phi) is 5.47. The summed E-state index contributed by atoms with van der Waals surface area (Å²) in [5.74, 6) is 0.139. The molecule has 120 valence electrons. The molecule has 0 saturated carbocycles. The molecule has 3 rings (SSSR count). The molecule has 1 aliphatic heterocycles. The molecule has 2 aromatic rings. The number of carbonyl (C=O) groups is 1. The van der Waals surface area contributed by atoms with Crippen molar-refractivity contribution < 1.29 is 4.79 Å². The molecule has 0 aromatic heterocycles. The molecule has 2 aromatic carbocycles. The van der Waals surface area contributed by atoms with E-state index in [9.17, 15) is 4.79 Å². The second-order valence-electron chi connectivity index (χ2n) is 5.88. The molecular weight excluding hydrogens is 352 g/mol. The number of rotatable bonds is 4. The van der Waals surface area contributed by atoms with E-state index in [1.807, 2.05) is 29.2 Å². The lowest BCUT2D eigenvalue weighted by Crippen LogP contribution is -2.49. The van der Waals surface area contributed by atoms with Crippen LogP contribution in [0.4, 0.5) is 0 Å². The van der Waals surface area contributed by atoms with Crippen molar-refractivity contribution in [1.29, 1.82) is 0 Å². The van der Waals surface area contributed by atoms with Crippen molar-refractivity contribution in [2.75, 3.05) is 32.7 Å². The van der Waals surface area contributed by atoms with E-state index < -0.39 is 0 Å². The van der Waals surface area contributed by atoms with Crippen LogP contribution in [-0.4, -0.2) is 48.4 Å². The van der Waals surface area contributed by atoms with Crippen LogP contribution in [0.3, 0.4) is 0 Å². The minimum absolute atomic E-state index is 0.139. The van der Waals surface area contributed by atoms with Gasteiger partial charge in [-0.25, -0.2) is 0 Å². The van der Waals surface area contributed by atoms with E-state index >= 15 is 0 Å². The summed E-state index contributed by atoms with van der Waals surface area (Å²) in [5, 5.41) is 0. The average molecular weight is 373 g/mol. The van der Waals surface area contributed by atoms with E-state index in [0.29, 0.717) is 0 Å². The van der Waals surface area contributed by atoms with Crippen LogP contribution >= 0.6 is 15.9 Å². The Bertz CT molecular complexity index is 634. The zero-order valence-electron chi connectivity index (χ0n) is 13.1. The fraction of sp³-hybridized carbons (Fsp3) is 0.316. The molecule has 0 atom stereocenters. The average Bonchev–Trinajstić information content (AvgIpc) is 2.61. The van der Waals surface area contributed by atoms with Crippen LogP contribution < -0.4 is 0 Å². The Balaban J connectivity index is 1.48. The van der Waals surface area contributed by atoms with Gasteiger partial charge in [-0.1, -0.05) is 46.3 Å². The monoisotopic (exact) mass is 372 g/mol. The minimum Gasteiger partial charge on any atom is -0.336 e. The molecule has 4 heteroatoms. The molecule has 0 radical (unpaired) electrons. The predicted molar refractivity (Wildman–Crippen MR) is 96.6 cm³/mol. The molecule has 1 fully saturated rings. The number of hydrogen-bond donors (Lipinski definition) is 0. The highest BCUT2D eigenvalue weighted by Gasteiger charge is 2.21. The Hall–Kier alpha value is -1.65. The SMILES string of the molecule is O=C(c1ccc(Br)cc1)N1CCN(CCc2ccccc2)CC1. The Morgan fingerprint density at radius 3 is 2.22 bits per heavy atom. The first kappa shape index (κ1) is 16.2. The first-order chi connectivity index (χ1) is 11.2. The second kappa shape index (κ2) is 7.75. The van der Waals surface area contributed by atoms with Gasteiger partial charge < -0.3 is 4.90 Å². The van der Waals surface area contributed by atoms with Crippen LogP contribution in [0.1, 0.15) is 15.9 Å². The molecule has 1 saturated heterocycles. The summed E-state index contributed by atoms with van der Waals surface area (Å²) in [6.07, 6.45) is 1.07. The van der Waals surface area contributed by atoms with Gasteiger partial charge in [0, 0.05) is 42.8 Å². The van der Waals surface area contributed by atoms with Crippen molar-refractivity contribution in [1.82, 2.24) is 9.80 Å². The summed E-state index contributed by atoms with van der Waals surface area (Å²) >= 11 is 3.40. The predicted octanol–water partition coefficient (Wildman–Crippen LogP) is 3.45. The zero-order chi connectivity index (χ0) is 16.1. The van der Waals surface area contributed by atoms with E-state index in [1.54, 1.807) is 0 Å². The molecular formula is C19H21BrN2O. The molecule has 0 aliphatic carbocycles. The highest BCUT2D eigenvalue weighted by atomic mass is 79.9. The van der Waals surface area contributed by atoms with Gasteiger partial charge >= 0.3 is 0 Å². The third kappa shape index (κ3) is 4.43. The van der Waals surface area contributed by atoms with E-state index in [1.165, 1.54) is 5.56 Å². The van der Waals surface area contributed by atoms with Crippen molar-refractivity contribution in [2.45, 2.75) is 6.42 Å². The fourth-order valence-electron chi connectivity index (χ4n) is 2.88. The molecule has 0 spiro atoms. The number of piperazine rings is 1. The molecule has 1 heterocycles. The number of benzene rings is 2. The van der Waals surface area contributed by atoms with E-state index in [0.717, 1.165) is 49.2 Å². The molecule has 0 bridgehead atoms. The lowest BCUT2D eigenvalue weighted by atomic mass is 10.1. The standard InChI is InChI=1S/C19H21BrN2O/c20-18-8-6-17(7-9-18)19(23)22-14-12-21(13-15-22)11-10-16-4-2-1-3-5-16/h1-9H,10-15H2. The lowest BCUT2D eigenvalue weighted by molar-refractivity contribution is 0.0638. The molecule has 3 nitrogen and oxygen atoms in total. The summed E-state index contributed by atoms with van der Waals surface area (Å²) < 4.78 is 1.000. The number of hydrogen-bond acceptors (Lipinski definition) is 2. The van der Waals surface area contributed by atoms with Gasteiger partial charge in [0.2, 0.25) is 0 Å². The maximum atomic E-state index is 12.5. The summed E-state index contributed by atoms with van der Waals surface area (Å²) in [6, 6.07) is 18.2. The molecule has 0 N–H and O–H groups in total. The van der Waals surface area contributed by atoms with Crippen LogP contribution in [0, 0.1) is 0 Å². The minimum atomic E-state index is 0.139. The van der Waals surface area contributed by atoms with Crippen molar-refractivity contribution in [3.63, 3.8) is 0 Å². The number of halogens is 1. The van der Waals surface area contributed by atoms with Gasteiger partial charge in [0.05, 0.1) is 0 Å². The van der Waals surface area contributed by atoms with E-state index in [4.69, 9.17) is 0 Å². The Labute approximate surface area is 146 Å². The third-order valence-corrected chi connectivity index (χ3v) is 4.84. The van der Waals surface area contributed by atoms with Crippen molar-refractivity contribution in [3.05, 3.63) is 70.2 Å². The van der Waals surface area contributed by atoms with Crippen molar-refractivity contribution in [2.24, 2.45) is 0 Å². The number of amides is 1. The maximum absolute atomic E-state index is 12.5. The van der Waals surface area contributed by atoms with Crippen LogP contribution in [0.25, 0.3) is 0 Å². The first-order valence-corrected chi connectivity index (χ1v) is 8.83. The molecule has 0 unspecified atom stereocenters. The largest absolute Gasteiger partial charge is 0.336 e. The van der Waals surface area contributed by atoms with Crippen molar-refractivity contribution >= 4 is 21.8 Å². The van der Waals surface area contributed by atoms with Gasteiger partial charge in [0.25, 0.3) is 5.91 Å². The molecule has 1 amide bonds. The van der Waals surface area contributed by atoms with Gasteiger partial charge in [0.1, 0.15) is 0 Å². The van der Waals surface area contributed by atoms with E-state index in [2.05, 4.69) is 51.2 Å². The quantitative estimate of drug-likeness (QED) is 0.820. The highest BCUT2D eigenvalue weighted by molar-refractivity contribution is 9.10. The Morgan fingerprint density at radius 1 is 0.913 bits per heavy atom. The number of carbonyl (C=O) groups excluding carboxylic acids is 1. The van der Waals surface area contributed by atoms with Crippen LogP contribution in [0.15, 0.2) is 59.1 Å². The summed E-state index contributed by atoms with van der Waals surface area (Å²) in [7, 11) is 0. The van der Waals surface area contributed by atoms with E-state index in [-0.39, 0.29) is 5.91 Å². The summed E-state index contributed by atoms with van der Waals surface area (Å²) in [6.45, 7) is 4.59. The number of nitrogens with zero attached hydrogens (tertiary/aromatic N) is 2. The molecule has 1 aliphatic rings. The fourth-order valence-corrected chi connectivity index (χ4v) is 3.15. The van der Waals surface area contributed by atoms with Crippen LogP contribution in [-0.2, 0) is 6.42 Å². The normalized spacial score (nSPS) is 15.6. The lowest BCUT2D eigenvalue weighted by Gasteiger charge is -2.34. The van der Waals surface area contributed by atoms with Gasteiger partial charge in [-0.2, -0.15) is 0 Å². The highest BCUT2D eigenvalue weighted by Crippen LogP contribution is 2.14. The topological polar surface area (TPSA) is 23.6 Å². The smallest absolute Gasteiger partial charge is 0.253 e. The van der Waals surface area contributed by atoms with Gasteiger partial charge in [-0.3, -0.25) is 9.69 Å². The van der Waals surface area contributed by atoms with Crippen LogP contribution in [0.2, 0.25) is 0 Å². The summed E-state index contributed by atoms with van der Waals surface area (Å²) in [4.78, 5) is 16.9. The third-order valence-electron chi connectivity index (χ3n) is 4.31. The molecule has 23 heavy (non-hydrogen) atoms. The summed E-state index contributed by atoms with van der Waals surface area (Å²) in [5.41, 5.74) is 2.15. The van der Waals surface area contributed by atoms with Gasteiger partial charge in [-0.15, -0.1) is 0 Å².